The third kappa shape index (κ3) is 4.47. The van der Waals surface area contributed by atoms with Gasteiger partial charge < -0.3 is 5.32 Å². The molecule has 3 heteroatoms. The van der Waals surface area contributed by atoms with Crippen LogP contribution in [-0.2, 0) is 0 Å². The molecule has 1 aromatic rings. The molecule has 0 saturated carbocycles. The van der Waals surface area contributed by atoms with Gasteiger partial charge in [0.15, 0.2) is 0 Å². The van der Waals surface area contributed by atoms with Crippen LogP contribution >= 0.6 is 11.3 Å². The van der Waals surface area contributed by atoms with Crippen molar-refractivity contribution in [2.45, 2.75) is 39.7 Å². The Kier molecular flexibility index (Phi) is 4.82. The summed E-state index contributed by atoms with van der Waals surface area (Å²) in [6.45, 7) is 6.47. The minimum Gasteiger partial charge on any atom is -0.350 e. The summed E-state index contributed by atoms with van der Waals surface area (Å²) in [5.74, 6) is 0.748. The molecule has 0 aliphatic heterocycles. The number of carbonyl (C=O) groups excluding carboxylic acids is 1. The maximum atomic E-state index is 11.7. The molecular weight excluding hydrogens is 206 g/mol. The molecule has 1 unspecified atom stereocenters. The van der Waals surface area contributed by atoms with Crippen LogP contribution in [0.1, 0.15) is 44.0 Å². The molecule has 0 radical (unpaired) electrons. The normalized spacial score (nSPS) is 12.8. The zero-order chi connectivity index (χ0) is 11.3. The Balaban J connectivity index is 2.32. The summed E-state index contributed by atoms with van der Waals surface area (Å²) in [6, 6.07) is 2.12. The fraction of sp³-hybridized carbons (Fsp3) is 0.583. The molecule has 0 aromatic carbocycles. The highest BCUT2D eigenvalue weighted by Gasteiger charge is 2.09. The highest BCUT2D eigenvalue weighted by atomic mass is 32.1. The molecule has 0 spiro atoms. The lowest BCUT2D eigenvalue weighted by Crippen LogP contribution is -2.32. The van der Waals surface area contributed by atoms with Crippen LogP contribution < -0.4 is 5.32 Å². The first-order valence-electron chi connectivity index (χ1n) is 5.42. The van der Waals surface area contributed by atoms with Gasteiger partial charge in [0, 0.05) is 17.0 Å². The third-order valence-corrected chi connectivity index (χ3v) is 3.02. The van der Waals surface area contributed by atoms with Crippen molar-refractivity contribution < 1.29 is 4.79 Å². The number of rotatable bonds is 5. The van der Waals surface area contributed by atoms with Crippen LogP contribution in [0.15, 0.2) is 16.8 Å². The lowest BCUT2D eigenvalue weighted by atomic mass is 10.0. The van der Waals surface area contributed by atoms with Crippen molar-refractivity contribution in [3.63, 3.8) is 0 Å². The summed E-state index contributed by atoms with van der Waals surface area (Å²) in [7, 11) is 0. The third-order valence-electron chi connectivity index (χ3n) is 2.34. The number of nitrogens with one attached hydrogen (secondary N) is 1. The molecule has 0 saturated heterocycles. The Labute approximate surface area is 95.7 Å². The zero-order valence-electron chi connectivity index (χ0n) is 9.62. The molecule has 1 atom stereocenters. The minimum atomic E-state index is 0.0486. The predicted molar refractivity (Wildman–Crippen MR) is 65.3 cm³/mol. The van der Waals surface area contributed by atoms with Gasteiger partial charge in [0.05, 0.1) is 0 Å². The Hall–Kier alpha value is -0.830. The maximum absolute atomic E-state index is 11.7. The van der Waals surface area contributed by atoms with Crippen molar-refractivity contribution in [2.75, 3.05) is 0 Å². The van der Waals surface area contributed by atoms with E-state index in [1.54, 1.807) is 11.3 Å². The summed E-state index contributed by atoms with van der Waals surface area (Å²) in [5.41, 5.74) is 0.774. The molecule has 1 aromatic heterocycles. The van der Waals surface area contributed by atoms with Crippen molar-refractivity contribution in [1.29, 1.82) is 0 Å². The van der Waals surface area contributed by atoms with E-state index in [-0.39, 0.29) is 11.9 Å². The fourth-order valence-electron chi connectivity index (χ4n) is 1.36. The number of amides is 1. The number of thiophene rings is 1. The predicted octanol–water partition coefficient (Wildman–Crippen LogP) is 3.30. The first-order chi connectivity index (χ1) is 7.09. The molecule has 0 bridgehead atoms. The van der Waals surface area contributed by atoms with Gasteiger partial charge in [-0.3, -0.25) is 4.79 Å². The van der Waals surface area contributed by atoms with Crippen LogP contribution in [0.5, 0.6) is 0 Å². The van der Waals surface area contributed by atoms with Gasteiger partial charge >= 0.3 is 0 Å². The van der Waals surface area contributed by atoms with E-state index >= 15 is 0 Å². The summed E-state index contributed by atoms with van der Waals surface area (Å²) in [4.78, 5) is 11.7. The molecule has 84 valence electrons. The second-order valence-electron chi connectivity index (χ2n) is 4.36. The van der Waals surface area contributed by atoms with Gasteiger partial charge in [0.2, 0.25) is 0 Å². The van der Waals surface area contributed by atoms with Gasteiger partial charge in [-0.15, -0.1) is 0 Å². The summed E-state index contributed by atoms with van der Waals surface area (Å²) in [5, 5.41) is 6.81. The lowest BCUT2D eigenvalue weighted by Gasteiger charge is -2.14. The van der Waals surface area contributed by atoms with E-state index in [9.17, 15) is 4.79 Å². The summed E-state index contributed by atoms with van der Waals surface area (Å²) >= 11 is 1.55. The van der Waals surface area contributed by atoms with Gasteiger partial charge in [-0.1, -0.05) is 13.8 Å². The van der Waals surface area contributed by atoms with Crippen molar-refractivity contribution in [3.8, 4) is 0 Å². The van der Waals surface area contributed by atoms with Crippen molar-refractivity contribution >= 4 is 17.2 Å². The Morgan fingerprint density at radius 1 is 1.40 bits per heavy atom. The standard InChI is InChI=1S/C12H19NOS/c1-9(2)4-5-10(3)13-12(14)11-6-7-15-8-11/h6-10H,4-5H2,1-3H3,(H,13,14). The first kappa shape index (κ1) is 12.2. The highest BCUT2D eigenvalue weighted by molar-refractivity contribution is 7.08. The van der Waals surface area contributed by atoms with Gasteiger partial charge in [0.25, 0.3) is 5.91 Å². The second-order valence-corrected chi connectivity index (χ2v) is 5.14. The molecule has 2 nitrogen and oxygen atoms in total. The van der Waals surface area contributed by atoms with Crippen LogP contribution in [0, 0.1) is 5.92 Å². The van der Waals surface area contributed by atoms with Crippen molar-refractivity contribution in [1.82, 2.24) is 5.32 Å². The molecular formula is C12H19NOS. The SMILES string of the molecule is CC(C)CCC(C)NC(=O)c1ccsc1. The zero-order valence-corrected chi connectivity index (χ0v) is 10.4. The Bertz CT molecular complexity index is 293. The van der Waals surface area contributed by atoms with Crippen LogP contribution in [0.2, 0.25) is 0 Å². The topological polar surface area (TPSA) is 29.1 Å². The van der Waals surface area contributed by atoms with E-state index < -0.39 is 0 Å². The van der Waals surface area contributed by atoms with Gasteiger partial charge in [-0.2, -0.15) is 11.3 Å². The van der Waals surface area contributed by atoms with E-state index in [0.717, 1.165) is 18.4 Å². The number of carbonyl (C=O) groups is 1. The van der Waals surface area contributed by atoms with Crippen molar-refractivity contribution in [2.24, 2.45) is 5.92 Å². The van der Waals surface area contributed by atoms with E-state index in [2.05, 4.69) is 26.1 Å². The molecule has 0 aliphatic rings. The molecule has 15 heavy (non-hydrogen) atoms. The highest BCUT2D eigenvalue weighted by Crippen LogP contribution is 2.09. The molecule has 1 N–H and O–H groups in total. The Morgan fingerprint density at radius 3 is 2.67 bits per heavy atom. The van der Waals surface area contributed by atoms with Crippen molar-refractivity contribution in [3.05, 3.63) is 22.4 Å². The van der Waals surface area contributed by atoms with E-state index in [1.807, 2.05) is 16.8 Å². The fourth-order valence-corrected chi connectivity index (χ4v) is 1.99. The summed E-state index contributed by atoms with van der Waals surface area (Å²) < 4.78 is 0. The van der Waals surface area contributed by atoms with Crippen LogP contribution in [0.25, 0.3) is 0 Å². The molecule has 0 aliphatic carbocycles. The van der Waals surface area contributed by atoms with Gasteiger partial charge in [-0.05, 0) is 37.1 Å². The van der Waals surface area contributed by atoms with Crippen LogP contribution in [-0.4, -0.2) is 11.9 Å². The Morgan fingerprint density at radius 2 is 2.13 bits per heavy atom. The lowest BCUT2D eigenvalue weighted by molar-refractivity contribution is 0.0937. The number of hydrogen-bond acceptors (Lipinski definition) is 2. The molecule has 1 heterocycles. The second kappa shape index (κ2) is 5.91. The summed E-state index contributed by atoms with van der Waals surface area (Å²) in [6.07, 6.45) is 2.21. The van der Waals surface area contributed by atoms with Gasteiger partial charge in [0.1, 0.15) is 0 Å². The van der Waals surface area contributed by atoms with Crippen LogP contribution in [0.3, 0.4) is 0 Å². The average Bonchev–Trinajstić information content (AvgIpc) is 2.67. The molecule has 0 fully saturated rings. The maximum Gasteiger partial charge on any atom is 0.252 e. The average molecular weight is 225 g/mol. The van der Waals surface area contributed by atoms with Gasteiger partial charge in [-0.25, -0.2) is 0 Å². The number of hydrogen-bond donors (Lipinski definition) is 1. The van der Waals surface area contributed by atoms with E-state index in [1.165, 1.54) is 0 Å². The largest absolute Gasteiger partial charge is 0.350 e. The van der Waals surface area contributed by atoms with E-state index in [0.29, 0.717) is 5.92 Å². The quantitative estimate of drug-likeness (QED) is 0.818. The smallest absolute Gasteiger partial charge is 0.252 e. The molecule has 1 amide bonds. The first-order valence-corrected chi connectivity index (χ1v) is 6.37. The molecule has 1 rings (SSSR count). The van der Waals surface area contributed by atoms with E-state index in [4.69, 9.17) is 0 Å². The van der Waals surface area contributed by atoms with Crippen LogP contribution in [0.4, 0.5) is 0 Å². The monoisotopic (exact) mass is 225 g/mol. The minimum absolute atomic E-state index is 0.0486.